The molecule has 1 aliphatic heterocycles. The fraction of sp³-hybridized carbons (Fsp3) is 0.231. The normalized spacial score (nSPS) is 16.6. The van der Waals surface area contributed by atoms with E-state index in [1.807, 2.05) is 6.08 Å². The van der Waals surface area contributed by atoms with Crippen LogP contribution in [0, 0.1) is 26.6 Å². The van der Waals surface area contributed by atoms with Crippen LogP contribution in [0.5, 0.6) is 0 Å². The van der Waals surface area contributed by atoms with E-state index in [2.05, 4.69) is 61.5 Å². The smallest absolute Gasteiger partial charge is 0.266 e. The fourth-order valence-electron chi connectivity index (χ4n) is 4.05. The Bertz CT molecular complexity index is 1270. The number of nitrogens with zero attached hydrogens (tertiary/aromatic N) is 3. The Morgan fingerprint density at radius 3 is 2.56 bits per heavy atom. The zero-order chi connectivity index (χ0) is 23.0. The molecule has 4 nitrogen and oxygen atoms in total. The summed E-state index contributed by atoms with van der Waals surface area (Å²) in [5, 5.41) is 0.535. The van der Waals surface area contributed by atoms with Crippen molar-refractivity contribution in [1.29, 1.82) is 0 Å². The molecule has 0 saturated carbocycles. The van der Waals surface area contributed by atoms with Gasteiger partial charge < -0.3 is 4.57 Å². The van der Waals surface area contributed by atoms with E-state index in [9.17, 15) is 9.18 Å². The lowest BCUT2D eigenvalue weighted by atomic mass is 10.1. The van der Waals surface area contributed by atoms with E-state index < -0.39 is 0 Å². The predicted molar refractivity (Wildman–Crippen MR) is 131 cm³/mol. The van der Waals surface area contributed by atoms with Gasteiger partial charge in [-0.15, -0.1) is 0 Å². The standard InChI is InChI=1S/C26H26FN3OS/c1-6-19-10-7-9-16(2)24(19)30-17(3)13-20(18(30)4)14-23-25(31)29(5)26(32-23)28-22-12-8-11-21(27)15-22/h7-15H,6H2,1-5H3/b23-14-,28-26?. The summed E-state index contributed by atoms with van der Waals surface area (Å²) in [5.74, 6) is -0.463. The molecule has 1 amide bonds. The van der Waals surface area contributed by atoms with Crippen LogP contribution < -0.4 is 0 Å². The Labute approximate surface area is 192 Å². The fourth-order valence-corrected chi connectivity index (χ4v) is 5.03. The van der Waals surface area contributed by atoms with E-state index in [0.717, 1.165) is 23.4 Å². The molecule has 1 saturated heterocycles. The summed E-state index contributed by atoms with van der Waals surface area (Å²) in [7, 11) is 1.69. The van der Waals surface area contributed by atoms with Crippen molar-refractivity contribution >= 4 is 34.6 Å². The van der Waals surface area contributed by atoms with Gasteiger partial charge in [-0.1, -0.05) is 31.2 Å². The number of amidine groups is 1. The summed E-state index contributed by atoms with van der Waals surface area (Å²) in [5.41, 5.74) is 7.43. The average molecular weight is 448 g/mol. The molecule has 0 radical (unpaired) electrons. The van der Waals surface area contributed by atoms with Gasteiger partial charge in [-0.05, 0) is 86.0 Å². The van der Waals surface area contributed by atoms with E-state index in [1.54, 1.807) is 19.2 Å². The molecule has 6 heteroatoms. The van der Waals surface area contributed by atoms with Gasteiger partial charge in [-0.25, -0.2) is 9.38 Å². The molecule has 1 fully saturated rings. The first-order chi connectivity index (χ1) is 15.3. The van der Waals surface area contributed by atoms with Gasteiger partial charge in [0.25, 0.3) is 5.91 Å². The highest BCUT2D eigenvalue weighted by molar-refractivity contribution is 8.18. The van der Waals surface area contributed by atoms with Crippen LogP contribution in [0.2, 0.25) is 0 Å². The Morgan fingerprint density at radius 2 is 1.84 bits per heavy atom. The molecule has 0 atom stereocenters. The predicted octanol–water partition coefficient (Wildman–Crippen LogP) is 6.34. The lowest BCUT2D eigenvalue weighted by Crippen LogP contribution is -2.23. The molecular weight excluding hydrogens is 421 g/mol. The molecule has 0 aliphatic carbocycles. The summed E-state index contributed by atoms with van der Waals surface area (Å²) in [6.45, 7) is 8.47. The van der Waals surface area contributed by atoms with Gasteiger partial charge in [0.05, 0.1) is 16.3 Å². The number of amides is 1. The average Bonchev–Trinajstić information content (AvgIpc) is 3.18. The van der Waals surface area contributed by atoms with E-state index in [1.165, 1.54) is 45.6 Å². The quantitative estimate of drug-likeness (QED) is 0.438. The SMILES string of the molecule is CCc1cccc(C)c1-n1c(C)cc(/C=C2\SC(=Nc3cccc(F)c3)N(C)C2=O)c1C. The molecule has 32 heavy (non-hydrogen) atoms. The maximum Gasteiger partial charge on any atom is 0.266 e. The van der Waals surface area contributed by atoms with E-state index in [4.69, 9.17) is 0 Å². The first-order valence-electron chi connectivity index (χ1n) is 10.6. The zero-order valence-corrected chi connectivity index (χ0v) is 19.8. The third kappa shape index (κ3) is 4.02. The highest BCUT2D eigenvalue weighted by atomic mass is 32.2. The lowest BCUT2D eigenvalue weighted by molar-refractivity contribution is -0.121. The molecule has 1 aliphatic rings. The number of aromatic nitrogens is 1. The zero-order valence-electron chi connectivity index (χ0n) is 18.9. The second kappa shape index (κ2) is 8.79. The van der Waals surface area contributed by atoms with Crippen LogP contribution in [-0.2, 0) is 11.2 Å². The van der Waals surface area contributed by atoms with Crippen LogP contribution in [0.4, 0.5) is 10.1 Å². The number of benzene rings is 2. The highest BCUT2D eigenvalue weighted by Crippen LogP contribution is 2.35. The summed E-state index contributed by atoms with van der Waals surface area (Å²) >= 11 is 1.31. The minimum Gasteiger partial charge on any atom is -0.317 e. The summed E-state index contributed by atoms with van der Waals surface area (Å²) in [6.07, 6.45) is 2.88. The van der Waals surface area contributed by atoms with Crippen LogP contribution in [0.25, 0.3) is 11.8 Å². The maximum absolute atomic E-state index is 13.5. The number of likely N-dealkylation sites (N-methyl/N-ethyl adjacent to an activating group) is 1. The van der Waals surface area contributed by atoms with E-state index >= 15 is 0 Å². The van der Waals surface area contributed by atoms with Crippen LogP contribution in [0.15, 0.2) is 58.4 Å². The molecule has 2 heterocycles. The minimum atomic E-state index is -0.352. The van der Waals surface area contributed by atoms with Gasteiger partial charge in [0, 0.05) is 18.4 Å². The van der Waals surface area contributed by atoms with Crippen LogP contribution in [-0.4, -0.2) is 27.6 Å². The number of carbonyl (C=O) groups excluding carboxylic acids is 1. The Morgan fingerprint density at radius 1 is 1.09 bits per heavy atom. The van der Waals surface area contributed by atoms with Gasteiger partial charge in [-0.2, -0.15) is 0 Å². The van der Waals surface area contributed by atoms with Crippen LogP contribution in [0.3, 0.4) is 0 Å². The van der Waals surface area contributed by atoms with Gasteiger partial charge in [-0.3, -0.25) is 9.69 Å². The molecule has 0 bridgehead atoms. The molecule has 0 unspecified atom stereocenters. The van der Waals surface area contributed by atoms with Crippen molar-refractivity contribution in [1.82, 2.24) is 9.47 Å². The molecule has 0 spiro atoms. The van der Waals surface area contributed by atoms with Crippen molar-refractivity contribution in [2.24, 2.45) is 4.99 Å². The number of carbonyl (C=O) groups is 1. The molecule has 2 aromatic carbocycles. The highest BCUT2D eigenvalue weighted by Gasteiger charge is 2.31. The second-order valence-electron chi connectivity index (χ2n) is 7.95. The topological polar surface area (TPSA) is 37.6 Å². The number of hydrogen-bond acceptors (Lipinski definition) is 3. The summed E-state index contributed by atoms with van der Waals surface area (Å²) < 4.78 is 15.8. The Hall–Kier alpha value is -3.12. The van der Waals surface area contributed by atoms with Crippen molar-refractivity contribution < 1.29 is 9.18 Å². The number of aliphatic imine (C=N–C) groups is 1. The van der Waals surface area contributed by atoms with Crippen molar-refractivity contribution in [2.45, 2.75) is 34.1 Å². The van der Waals surface area contributed by atoms with E-state index in [-0.39, 0.29) is 11.7 Å². The number of aryl methyl sites for hydroxylation is 3. The molecule has 164 valence electrons. The molecule has 1 aromatic heterocycles. The molecule has 0 N–H and O–H groups in total. The third-order valence-corrected chi connectivity index (χ3v) is 6.78. The van der Waals surface area contributed by atoms with Crippen molar-refractivity contribution in [3.05, 3.63) is 87.3 Å². The van der Waals surface area contributed by atoms with Crippen molar-refractivity contribution in [2.75, 3.05) is 7.05 Å². The largest absolute Gasteiger partial charge is 0.317 e. The number of thioether (sulfide) groups is 1. The molecule has 4 rings (SSSR count). The van der Waals surface area contributed by atoms with Gasteiger partial charge in [0.2, 0.25) is 0 Å². The maximum atomic E-state index is 13.5. The first kappa shape index (κ1) is 22.1. The Kier molecular flexibility index (Phi) is 6.07. The molecular formula is C26H26FN3OS. The third-order valence-electron chi connectivity index (χ3n) is 5.72. The second-order valence-corrected chi connectivity index (χ2v) is 8.96. The number of halogens is 1. The first-order valence-corrected chi connectivity index (χ1v) is 11.4. The van der Waals surface area contributed by atoms with Crippen molar-refractivity contribution in [3.8, 4) is 5.69 Å². The van der Waals surface area contributed by atoms with Crippen LogP contribution >= 0.6 is 11.8 Å². The van der Waals surface area contributed by atoms with Crippen molar-refractivity contribution in [3.63, 3.8) is 0 Å². The summed E-state index contributed by atoms with van der Waals surface area (Å²) in [4.78, 5) is 19.5. The lowest BCUT2D eigenvalue weighted by Gasteiger charge is -2.17. The van der Waals surface area contributed by atoms with Gasteiger partial charge in [0.1, 0.15) is 5.82 Å². The number of hydrogen-bond donors (Lipinski definition) is 0. The van der Waals surface area contributed by atoms with Crippen LogP contribution in [0.1, 0.15) is 35.0 Å². The number of rotatable bonds is 4. The van der Waals surface area contributed by atoms with Gasteiger partial charge in [0.15, 0.2) is 5.17 Å². The Balaban J connectivity index is 1.73. The minimum absolute atomic E-state index is 0.111. The monoisotopic (exact) mass is 447 g/mol. The number of para-hydroxylation sites is 1. The van der Waals surface area contributed by atoms with Gasteiger partial charge >= 0.3 is 0 Å². The summed E-state index contributed by atoms with van der Waals surface area (Å²) in [6, 6.07) is 14.6. The van der Waals surface area contributed by atoms with E-state index in [0.29, 0.717) is 15.8 Å². The molecule has 3 aromatic rings.